The third-order valence-electron chi connectivity index (χ3n) is 3.10. The molecular formula is C15H16N2O3. The normalized spacial score (nSPS) is 10.3. The SMILES string of the molecule is COC(=O)c1ccc(Cn2cc(N)c(C)cc2=O)cc1. The fourth-order valence-electron chi connectivity index (χ4n) is 1.87. The summed E-state index contributed by atoms with van der Waals surface area (Å²) >= 11 is 0. The molecule has 0 bridgehead atoms. The van der Waals surface area contributed by atoms with Gasteiger partial charge in [-0.05, 0) is 30.2 Å². The molecule has 0 atom stereocenters. The molecule has 0 fully saturated rings. The Morgan fingerprint density at radius 1 is 1.30 bits per heavy atom. The lowest BCUT2D eigenvalue weighted by Gasteiger charge is -2.09. The molecule has 0 aliphatic rings. The van der Waals surface area contributed by atoms with Gasteiger partial charge in [0, 0.05) is 12.3 Å². The third kappa shape index (κ3) is 2.88. The smallest absolute Gasteiger partial charge is 0.337 e. The van der Waals surface area contributed by atoms with E-state index < -0.39 is 0 Å². The van der Waals surface area contributed by atoms with Crippen LogP contribution in [0.5, 0.6) is 0 Å². The van der Waals surface area contributed by atoms with Crippen LogP contribution in [0.15, 0.2) is 41.3 Å². The van der Waals surface area contributed by atoms with Crippen molar-refractivity contribution in [2.45, 2.75) is 13.5 Å². The Balaban J connectivity index is 2.25. The molecule has 0 amide bonds. The van der Waals surface area contributed by atoms with Gasteiger partial charge >= 0.3 is 5.97 Å². The van der Waals surface area contributed by atoms with Gasteiger partial charge in [0.25, 0.3) is 5.56 Å². The number of anilines is 1. The summed E-state index contributed by atoms with van der Waals surface area (Å²) in [4.78, 5) is 23.2. The Hall–Kier alpha value is -2.56. The minimum absolute atomic E-state index is 0.103. The van der Waals surface area contributed by atoms with Crippen LogP contribution in [-0.4, -0.2) is 17.6 Å². The molecule has 0 saturated heterocycles. The van der Waals surface area contributed by atoms with Gasteiger partial charge in [-0.1, -0.05) is 12.1 Å². The largest absolute Gasteiger partial charge is 0.465 e. The van der Waals surface area contributed by atoms with E-state index in [1.165, 1.54) is 17.7 Å². The monoisotopic (exact) mass is 272 g/mol. The van der Waals surface area contributed by atoms with Gasteiger partial charge in [0.2, 0.25) is 0 Å². The summed E-state index contributed by atoms with van der Waals surface area (Å²) in [5, 5.41) is 0. The van der Waals surface area contributed by atoms with Crippen molar-refractivity contribution in [1.29, 1.82) is 0 Å². The number of esters is 1. The molecule has 1 heterocycles. The topological polar surface area (TPSA) is 74.3 Å². The second-order valence-electron chi connectivity index (χ2n) is 4.57. The Morgan fingerprint density at radius 2 is 1.95 bits per heavy atom. The molecule has 2 rings (SSSR count). The van der Waals surface area contributed by atoms with Crippen molar-refractivity contribution in [2.75, 3.05) is 12.8 Å². The lowest BCUT2D eigenvalue weighted by Crippen LogP contribution is -2.20. The van der Waals surface area contributed by atoms with Crippen LogP contribution >= 0.6 is 0 Å². The second-order valence-corrected chi connectivity index (χ2v) is 4.57. The van der Waals surface area contributed by atoms with Crippen molar-refractivity contribution in [1.82, 2.24) is 4.57 Å². The molecule has 0 saturated carbocycles. The molecule has 0 aliphatic carbocycles. The number of hydrogen-bond acceptors (Lipinski definition) is 4. The summed E-state index contributed by atoms with van der Waals surface area (Å²) in [6.45, 7) is 2.21. The van der Waals surface area contributed by atoms with Gasteiger partial charge in [0.15, 0.2) is 0 Å². The molecule has 20 heavy (non-hydrogen) atoms. The minimum atomic E-state index is -0.381. The lowest BCUT2D eigenvalue weighted by molar-refractivity contribution is 0.0600. The van der Waals surface area contributed by atoms with Crippen molar-refractivity contribution >= 4 is 11.7 Å². The Bertz CT molecular complexity index is 687. The number of aromatic nitrogens is 1. The summed E-state index contributed by atoms with van der Waals surface area (Å²) in [5.41, 5.74) is 8.44. The molecule has 2 aromatic rings. The van der Waals surface area contributed by atoms with E-state index in [2.05, 4.69) is 4.74 Å². The van der Waals surface area contributed by atoms with E-state index in [-0.39, 0.29) is 11.5 Å². The number of nitrogens with two attached hydrogens (primary N) is 1. The number of carbonyl (C=O) groups excluding carboxylic acids is 1. The van der Waals surface area contributed by atoms with E-state index in [4.69, 9.17) is 5.73 Å². The number of ether oxygens (including phenoxy) is 1. The number of benzene rings is 1. The van der Waals surface area contributed by atoms with Gasteiger partial charge in [0.1, 0.15) is 0 Å². The maximum absolute atomic E-state index is 11.9. The molecular weight excluding hydrogens is 256 g/mol. The first-order chi connectivity index (χ1) is 9.51. The summed E-state index contributed by atoms with van der Waals surface area (Å²) < 4.78 is 6.17. The summed E-state index contributed by atoms with van der Waals surface area (Å²) in [6.07, 6.45) is 1.63. The molecule has 5 heteroatoms. The number of pyridine rings is 1. The number of rotatable bonds is 3. The highest BCUT2D eigenvalue weighted by Crippen LogP contribution is 2.09. The quantitative estimate of drug-likeness (QED) is 0.861. The van der Waals surface area contributed by atoms with Crippen LogP contribution in [0.2, 0.25) is 0 Å². The van der Waals surface area contributed by atoms with Crippen LogP contribution in [0.25, 0.3) is 0 Å². The van der Waals surface area contributed by atoms with Gasteiger partial charge in [-0.25, -0.2) is 4.79 Å². The summed E-state index contributed by atoms with van der Waals surface area (Å²) in [5.74, 6) is -0.381. The third-order valence-corrected chi connectivity index (χ3v) is 3.10. The first-order valence-corrected chi connectivity index (χ1v) is 6.15. The highest BCUT2D eigenvalue weighted by atomic mass is 16.5. The molecule has 104 valence electrons. The predicted octanol–water partition coefficient (Wildman–Crippen LogP) is 1.57. The lowest BCUT2D eigenvalue weighted by atomic mass is 10.1. The standard InChI is InChI=1S/C15H16N2O3/c1-10-7-14(18)17(9-13(10)16)8-11-3-5-12(6-4-11)15(19)20-2/h3-7,9H,8,16H2,1-2H3. The molecule has 1 aromatic heterocycles. The van der Waals surface area contributed by atoms with Gasteiger partial charge in [-0.2, -0.15) is 0 Å². The Morgan fingerprint density at radius 3 is 2.55 bits per heavy atom. The van der Waals surface area contributed by atoms with Crippen molar-refractivity contribution in [3.05, 3.63) is 63.6 Å². The Labute approximate surface area is 116 Å². The molecule has 0 unspecified atom stereocenters. The molecule has 5 nitrogen and oxygen atoms in total. The van der Waals surface area contributed by atoms with E-state index in [1.807, 2.05) is 0 Å². The van der Waals surface area contributed by atoms with Crippen LogP contribution in [0.1, 0.15) is 21.5 Å². The van der Waals surface area contributed by atoms with Crippen LogP contribution in [0.3, 0.4) is 0 Å². The van der Waals surface area contributed by atoms with Gasteiger partial charge in [0.05, 0.1) is 24.9 Å². The van der Waals surface area contributed by atoms with E-state index in [1.54, 1.807) is 37.4 Å². The zero-order chi connectivity index (χ0) is 14.7. The van der Waals surface area contributed by atoms with Gasteiger partial charge in [-0.15, -0.1) is 0 Å². The van der Waals surface area contributed by atoms with E-state index in [0.717, 1.165) is 11.1 Å². The highest BCUT2D eigenvalue weighted by molar-refractivity contribution is 5.89. The fourth-order valence-corrected chi connectivity index (χ4v) is 1.87. The van der Waals surface area contributed by atoms with Crippen molar-refractivity contribution in [3.63, 3.8) is 0 Å². The number of aryl methyl sites for hydroxylation is 1. The number of methoxy groups -OCH3 is 1. The van der Waals surface area contributed by atoms with Crippen LogP contribution < -0.4 is 11.3 Å². The molecule has 0 radical (unpaired) electrons. The van der Waals surface area contributed by atoms with Crippen LogP contribution in [0, 0.1) is 6.92 Å². The van der Waals surface area contributed by atoms with Crippen LogP contribution in [0.4, 0.5) is 5.69 Å². The number of carbonyl (C=O) groups is 1. The predicted molar refractivity (Wildman–Crippen MR) is 76.7 cm³/mol. The van der Waals surface area contributed by atoms with Crippen LogP contribution in [-0.2, 0) is 11.3 Å². The number of nitrogen functional groups attached to an aromatic ring is 1. The van der Waals surface area contributed by atoms with Crippen molar-refractivity contribution in [3.8, 4) is 0 Å². The fraction of sp³-hybridized carbons (Fsp3) is 0.200. The second kappa shape index (κ2) is 5.61. The first kappa shape index (κ1) is 13.9. The molecule has 2 N–H and O–H groups in total. The average molecular weight is 272 g/mol. The minimum Gasteiger partial charge on any atom is -0.465 e. The maximum Gasteiger partial charge on any atom is 0.337 e. The average Bonchev–Trinajstić information content (AvgIpc) is 2.44. The van der Waals surface area contributed by atoms with Crippen molar-refractivity contribution < 1.29 is 9.53 Å². The molecule has 1 aromatic carbocycles. The van der Waals surface area contributed by atoms with E-state index in [0.29, 0.717) is 17.8 Å². The first-order valence-electron chi connectivity index (χ1n) is 6.15. The van der Waals surface area contributed by atoms with E-state index in [9.17, 15) is 9.59 Å². The zero-order valence-electron chi connectivity index (χ0n) is 11.4. The molecule has 0 spiro atoms. The number of nitrogens with zero attached hydrogens (tertiary/aromatic N) is 1. The maximum atomic E-state index is 11.9. The summed E-state index contributed by atoms with van der Waals surface area (Å²) in [6, 6.07) is 8.43. The van der Waals surface area contributed by atoms with Gasteiger partial charge < -0.3 is 15.0 Å². The van der Waals surface area contributed by atoms with E-state index >= 15 is 0 Å². The Kier molecular flexibility index (Phi) is 3.89. The van der Waals surface area contributed by atoms with Crippen molar-refractivity contribution in [2.24, 2.45) is 0 Å². The molecule has 0 aliphatic heterocycles. The van der Waals surface area contributed by atoms with Gasteiger partial charge in [-0.3, -0.25) is 4.79 Å². The highest BCUT2D eigenvalue weighted by Gasteiger charge is 2.06. The zero-order valence-corrected chi connectivity index (χ0v) is 11.4. The number of hydrogen-bond donors (Lipinski definition) is 1. The summed E-state index contributed by atoms with van der Waals surface area (Å²) in [7, 11) is 1.34.